The summed E-state index contributed by atoms with van der Waals surface area (Å²) in [7, 11) is -3.68. The van der Waals surface area contributed by atoms with Crippen LogP contribution in [0.2, 0.25) is 5.02 Å². The molecule has 0 amide bonds. The molecule has 1 aliphatic rings. The first-order valence-electron chi connectivity index (χ1n) is 8.42. The normalized spacial score (nSPS) is 24.8. The Morgan fingerprint density at radius 1 is 1.15 bits per heavy atom. The first-order valence-corrected chi connectivity index (χ1v) is 10.3. The summed E-state index contributed by atoms with van der Waals surface area (Å²) < 4.78 is 32.0. The molecule has 0 unspecified atom stereocenters. The standard InChI is InChI=1S/C20H20ClNO3S/c1-3-25-13-20(12-22)18(15-6-8-16(21)9-7-15)19(20)26(23,24)17-10-4-14(2)5-11-17/h4-11,18-19H,3,13H2,1-2H3/t18-,19-,20+/m0/s1. The molecule has 2 aromatic rings. The van der Waals surface area contributed by atoms with Crippen LogP contribution >= 0.6 is 11.6 Å². The molecule has 0 aliphatic heterocycles. The highest BCUT2D eigenvalue weighted by Crippen LogP contribution is 2.64. The quantitative estimate of drug-likeness (QED) is 0.744. The zero-order chi connectivity index (χ0) is 18.9. The molecule has 0 spiro atoms. The molecule has 3 rings (SSSR count). The van der Waals surface area contributed by atoms with E-state index in [1.54, 1.807) is 48.5 Å². The molecule has 26 heavy (non-hydrogen) atoms. The van der Waals surface area contributed by atoms with Crippen molar-refractivity contribution < 1.29 is 13.2 Å². The first kappa shape index (κ1) is 18.9. The van der Waals surface area contributed by atoms with Gasteiger partial charge in [0.15, 0.2) is 9.84 Å². The second kappa shape index (κ2) is 7.03. The molecule has 0 bridgehead atoms. The van der Waals surface area contributed by atoms with E-state index < -0.39 is 26.4 Å². The number of benzene rings is 2. The van der Waals surface area contributed by atoms with Gasteiger partial charge in [-0.05, 0) is 43.7 Å². The van der Waals surface area contributed by atoms with E-state index in [4.69, 9.17) is 16.3 Å². The monoisotopic (exact) mass is 389 g/mol. The summed E-state index contributed by atoms with van der Waals surface area (Å²) in [4.78, 5) is 0.237. The van der Waals surface area contributed by atoms with Crippen LogP contribution in [0, 0.1) is 23.7 Å². The van der Waals surface area contributed by atoms with Crippen LogP contribution in [-0.2, 0) is 14.6 Å². The Kier molecular flexibility index (Phi) is 5.12. The molecular weight excluding hydrogens is 370 g/mol. The molecule has 3 atom stereocenters. The van der Waals surface area contributed by atoms with Gasteiger partial charge in [-0.1, -0.05) is 41.4 Å². The number of ether oxygens (including phenoxy) is 1. The number of nitrogens with zero attached hydrogens (tertiary/aromatic N) is 1. The van der Waals surface area contributed by atoms with Crippen molar-refractivity contribution in [3.8, 4) is 6.07 Å². The van der Waals surface area contributed by atoms with Crippen LogP contribution in [0.3, 0.4) is 0 Å². The van der Waals surface area contributed by atoms with E-state index in [2.05, 4.69) is 6.07 Å². The number of nitriles is 1. The van der Waals surface area contributed by atoms with Gasteiger partial charge >= 0.3 is 0 Å². The molecule has 6 heteroatoms. The Balaban J connectivity index is 2.05. The van der Waals surface area contributed by atoms with Crippen molar-refractivity contribution in [1.29, 1.82) is 5.26 Å². The SMILES string of the molecule is CCOC[C@]1(C#N)[C@@H](c2ccc(Cl)cc2)[C@@H]1S(=O)(=O)c1ccc(C)cc1. The third-order valence-electron chi connectivity index (χ3n) is 4.92. The summed E-state index contributed by atoms with van der Waals surface area (Å²) in [5, 5.41) is 9.61. The molecule has 0 heterocycles. The van der Waals surface area contributed by atoms with Crippen LogP contribution < -0.4 is 0 Å². The highest BCUT2D eigenvalue weighted by Gasteiger charge is 2.72. The average Bonchev–Trinajstić information content (AvgIpc) is 3.31. The van der Waals surface area contributed by atoms with Crippen LogP contribution in [0.1, 0.15) is 24.0 Å². The molecule has 0 radical (unpaired) electrons. The topological polar surface area (TPSA) is 67.2 Å². The van der Waals surface area contributed by atoms with Crippen molar-refractivity contribution in [2.45, 2.75) is 29.9 Å². The lowest BCUT2D eigenvalue weighted by Crippen LogP contribution is -2.19. The van der Waals surface area contributed by atoms with Crippen LogP contribution in [0.25, 0.3) is 0 Å². The summed E-state index contributed by atoms with van der Waals surface area (Å²) in [6, 6.07) is 16.0. The lowest BCUT2D eigenvalue weighted by molar-refractivity contribution is 0.117. The summed E-state index contributed by atoms with van der Waals surface area (Å²) in [5.74, 6) is -0.442. The zero-order valence-electron chi connectivity index (χ0n) is 14.6. The van der Waals surface area contributed by atoms with Crippen LogP contribution in [-0.4, -0.2) is 26.9 Å². The number of halogens is 1. The van der Waals surface area contributed by atoms with E-state index in [1.807, 2.05) is 13.8 Å². The minimum atomic E-state index is -3.68. The van der Waals surface area contributed by atoms with Crippen LogP contribution in [0.5, 0.6) is 0 Å². The van der Waals surface area contributed by atoms with Crippen molar-refractivity contribution in [3.63, 3.8) is 0 Å². The molecule has 1 fully saturated rings. The van der Waals surface area contributed by atoms with Gasteiger partial charge in [0.05, 0.1) is 22.8 Å². The minimum Gasteiger partial charge on any atom is -0.380 e. The van der Waals surface area contributed by atoms with Crippen molar-refractivity contribution in [2.75, 3.05) is 13.2 Å². The van der Waals surface area contributed by atoms with Crippen molar-refractivity contribution in [1.82, 2.24) is 0 Å². The summed E-state index contributed by atoms with van der Waals surface area (Å²) in [6.07, 6.45) is 0. The van der Waals surface area contributed by atoms with Gasteiger partial charge in [-0.2, -0.15) is 5.26 Å². The molecule has 136 valence electrons. The predicted molar refractivity (Wildman–Crippen MR) is 101 cm³/mol. The largest absolute Gasteiger partial charge is 0.380 e. The maximum atomic E-state index is 13.3. The van der Waals surface area contributed by atoms with Crippen molar-refractivity contribution >= 4 is 21.4 Å². The molecule has 0 aromatic heterocycles. The highest BCUT2D eigenvalue weighted by molar-refractivity contribution is 7.92. The van der Waals surface area contributed by atoms with E-state index in [0.717, 1.165) is 11.1 Å². The molecule has 1 aliphatic carbocycles. The van der Waals surface area contributed by atoms with Crippen molar-refractivity contribution in [3.05, 3.63) is 64.7 Å². The Morgan fingerprint density at radius 2 is 1.77 bits per heavy atom. The first-order chi connectivity index (χ1) is 12.4. The zero-order valence-corrected chi connectivity index (χ0v) is 16.2. The van der Waals surface area contributed by atoms with Gasteiger partial charge in [0.1, 0.15) is 5.41 Å². The number of hydrogen-bond acceptors (Lipinski definition) is 4. The maximum absolute atomic E-state index is 13.3. The van der Waals surface area contributed by atoms with E-state index in [-0.39, 0.29) is 11.5 Å². The second-order valence-corrected chi connectivity index (χ2v) is 9.10. The summed E-state index contributed by atoms with van der Waals surface area (Å²) in [6.45, 7) is 4.24. The van der Waals surface area contributed by atoms with Crippen LogP contribution in [0.4, 0.5) is 0 Å². The third kappa shape index (κ3) is 3.14. The minimum absolute atomic E-state index is 0.0864. The van der Waals surface area contributed by atoms with E-state index in [9.17, 15) is 13.7 Å². The lowest BCUT2D eigenvalue weighted by Gasteiger charge is -2.10. The molecule has 0 N–H and O–H groups in total. The molecule has 2 aromatic carbocycles. The number of rotatable bonds is 6. The molecule has 1 saturated carbocycles. The molecule has 0 saturated heterocycles. The fourth-order valence-electron chi connectivity index (χ4n) is 3.49. The van der Waals surface area contributed by atoms with Crippen molar-refractivity contribution in [2.24, 2.45) is 5.41 Å². The fraction of sp³-hybridized carbons (Fsp3) is 0.350. The van der Waals surface area contributed by atoms with Gasteiger partial charge in [0, 0.05) is 17.5 Å². The average molecular weight is 390 g/mol. The Hall–Kier alpha value is -1.87. The van der Waals surface area contributed by atoms with Gasteiger partial charge < -0.3 is 4.74 Å². The van der Waals surface area contributed by atoms with E-state index in [0.29, 0.717) is 11.6 Å². The molecule has 4 nitrogen and oxygen atoms in total. The Labute approximate surface area is 159 Å². The Morgan fingerprint density at radius 3 is 2.31 bits per heavy atom. The van der Waals surface area contributed by atoms with Gasteiger partial charge in [-0.25, -0.2) is 8.42 Å². The third-order valence-corrected chi connectivity index (χ3v) is 7.47. The van der Waals surface area contributed by atoms with Gasteiger partial charge in [0.2, 0.25) is 0 Å². The number of sulfone groups is 1. The fourth-order valence-corrected chi connectivity index (χ4v) is 5.92. The van der Waals surface area contributed by atoms with E-state index >= 15 is 0 Å². The lowest BCUT2D eigenvalue weighted by atomic mass is 10.0. The Bertz CT molecular complexity index is 933. The highest BCUT2D eigenvalue weighted by atomic mass is 35.5. The smallest absolute Gasteiger partial charge is 0.183 e. The number of aryl methyl sites for hydroxylation is 1. The summed E-state index contributed by atoms with van der Waals surface area (Å²) in [5.41, 5.74) is 0.680. The molecular formula is C20H20ClNO3S. The van der Waals surface area contributed by atoms with Gasteiger partial charge in [-0.15, -0.1) is 0 Å². The number of hydrogen-bond donors (Lipinski definition) is 0. The summed E-state index contributed by atoms with van der Waals surface area (Å²) >= 11 is 5.95. The van der Waals surface area contributed by atoms with Gasteiger partial charge in [0.25, 0.3) is 0 Å². The van der Waals surface area contributed by atoms with E-state index in [1.165, 1.54) is 0 Å². The van der Waals surface area contributed by atoms with Crippen LogP contribution in [0.15, 0.2) is 53.4 Å². The predicted octanol–water partition coefficient (Wildman–Crippen LogP) is 4.13. The van der Waals surface area contributed by atoms with Gasteiger partial charge in [-0.3, -0.25) is 0 Å². The second-order valence-electron chi connectivity index (χ2n) is 6.60. The maximum Gasteiger partial charge on any atom is 0.183 e.